The van der Waals surface area contributed by atoms with Gasteiger partial charge in [-0.3, -0.25) is 9.97 Å². The molecule has 3 heteroatoms. The zero-order valence-corrected chi connectivity index (χ0v) is 10.2. The Morgan fingerprint density at radius 1 is 1.24 bits per heavy atom. The van der Waals surface area contributed by atoms with Crippen molar-refractivity contribution < 1.29 is 0 Å². The van der Waals surface area contributed by atoms with E-state index in [4.69, 9.17) is 5.73 Å². The number of aryl methyl sites for hydroxylation is 2. The quantitative estimate of drug-likeness (QED) is 0.875. The minimum Gasteiger partial charge on any atom is -0.322 e. The van der Waals surface area contributed by atoms with Crippen LogP contribution in [-0.2, 0) is 6.42 Å². The Morgan fingerprint density at radius 2 is 2.06 bits per heavy atom. The zero-order valence-electron chi connectivity index (χ0n) is 10.2. The van der Waals surface area contributed by atoms with E-state index >= 15 is 0 Å². The first-order valence-corrected chi connectivity index (χ1v) is 5.75. The molecule has 0 spiro atoms. The van der Waals surface area contributed by atoms with Crippen LogP contribution in [0.1, 0.15) is 28.6 Å². The van der Waals surface area contributed by atoms with Gasteiger partial charge in [0.15, 0.2) is 0 Å². The second-order valence-electron chi connectivity index (χ2n) is 4.35. The van der Waals surface area contributed by atoms with Crippen LogP contribution in [0.5, 0.6) is 0 Å². The van der Waals surface area contributed by atoms with Crippen LogP contribution in [0.15, 0.2) is 36.7 Å². The maximum atomic E-state index is 6.18. The van der Waals surface area contributed by atoms with Crippen molar-refractivity contribution in [1.82, 2.24) is 9.97 Å². The van der Waals surface area contributed by atoms with Crippen molar-refractivity contribution in [3.63, 3.8) is 0 Å². The molecule has 0 radical (unpaired) electrons. The third-order valence-electron chi connectivity index (χ3n) is 2.76. The molecule has 2 heterocycles. The van der Waals surface area contributed by atoms with Gasteiger partial charge in [-0.25, -0.2) is 0 Å². The lowest BCUT2D eigenvalue weighted by Crippen LogP contribution is -2.17. The standard InChI is InChI=1S/C14H17N3/c1-10-7-11(2)14(17-9-10)13(15)8-12-5-3-4-6-16-12/h3-7,9,13H,8,15H2,1-2H3. The minimum atomic E-state index is -0.0921. The van der Waals surface area contributed by atoms with Crippen LogP contribution in [0, 0.1) is 13.8 Å². The molecular formula is C14H17N3. The first-order valence-electron chi connectivity index (χ1n) is 5.75. The first-order chi connectivity index (χ1) is 8.16. The van der Waals surface area contributed by atoms with Crippen LogP contribution in [-0.4, -0.2) is 9.97 Å². The lowest BCUT2D eigenvalue weighted by molar-refractivity contribution is 0.677. The van der Waals surface area contributed by atoms with Crippen molar-refractivity contribution in [3.05, 3.63) is 59.2 Å². The van der Waals surface area contributed by atoms with E-state index < -0.39 is 0 Å². The molecule has 3 nitrogen and oxygen atoms in total. The van der Waals surface area contributed by atoms with Crippen LogP contribution in [0.3, 0.4) is 0 Å². The van der Waals surface area contributed by atoms with Gasteiger partial charge in [0.25, 0.3) is 0 Å². The summed E-state index contributed by atoms with van der Waals surface area (Å²) in [5.41, 5.74) is 10.4. The van der Waals surface area contributed by atoms with Crippen molar-refractivity contribution in [2.45, 2.75) is 26.3 Å². The van der Waals surface area contributed by atoms with Crippen LogP contribution < -0.4 is 5.73 Å². The van der Waals surface area contributed by atoms with Crippen LogP contribution in [0.4, 0.5) is 0 Å². The second kappa shape index (κ2) is 5.06. The average molecular weight is 227 g/mol. The molecule has 0 bridgehead atoms. The fraction of sp³-hybridized carbons (Fsp3) is 0.286. The van der Waals surface area contributed by atoms with Gasteiger partial charge in [0.1, 0.15) is 0 Å². The minimum absolute atomic E-state index is 0.0921. The number of rotatable bonds is 3. The summed E-state index contributed by atoms with van der Waals surface area (Å²) in [4.78, 5) is 8.70. The fourth-order valence-corrected chi connectivity index (χ4v) is 1.95. The molecule has 0 aromatic carbocycles. The SMILES string of the molecule is Cc1cnc(C(N)Cc2ccccn2)c(C)c1. The van der Waals surface area contributed by atoms with E-state index in [1.165, 1.54) is 0 Å². The van der Waals surface area contributed by atoms with Crippen molar-refractivity contribution in [3.8, 4) is 0 Å². The highest BCUT2D eigenvalue weighted by Gasteiger charge is 2.11. The molecule has 0 fully saturated rings. The summed E-state index contributed by atoms with van der Waals surface area (Å²) in [5, 5.41) is 0. The third kappa shape index (κ3) is 2.88. The van der Waals surface area contributed by atoms with E-state index in [2.05, 4.69) is 16.0 Å². The molecule has 2 rings (SSSR count). The van der Waals surface area contributed by atoms with Crippen molar-refractivity contribution in [2.75, 3.05) is 0 Å². The van der Waals surface area contributed by atoms with E-state index in [-0.39, 0.29) is 6.04 Å². The highest BCUT2D eigenvalue weighted by Crippen LogP contribution is 2.17. The summed E-state index contributed by atoms with van der Waals surface area (Å²) < 4.78 is 0. The first kappa shape index (κ1) is 11.7. The normalized spacial score (nSPS) is 12.4. The summed E-state index contributed by atoms with van der Waals surface area (Å²) >= 11 is 0. The summed E-state index contributed by atoms with van der Waals surface area (Å²) in [7, 11) is 0. The Kier molecular flexibility index (Phi) is 3.49. The van der Waals surface area contributed by atoms with Gasteiger partial charge >= 0.3 is 0 Å². The predicted molar refractivity (Wildman–Crippen MR) is 68.6 cm³/mol. The molecule has 0 saturated heterocycles. The predicted octanol–water partition coefficient (Wildman–Crippen LogP) is 2.34. The summed E-state index contributed by atoms with van der Waals surface area (Å²) in [5.74, 6) is 0. The van der Waals surface area contributed by atoms with E-state index in [0.717, 1.165) is 28.9 Å². The molecule has 2 aromatic heterocycles. The van der Waals surface area contributed by atoms with Crippen LogP contribution in [0.25, 0.3) is 0 Å². The smallest absolute Gasteiger partial charge is 0.0604 e. The largest absolute Gasteiger partial charge is 0.322 e. The van der Waals surface area contributed by atoms with Gasteiger partial charge in [-0.05, 0) is 37.1 Å². The maximum Gasteiger partial charge on any atom is 0.0604 e. The highest BCUT2D eigenvalue weighted by atomic mass is 14.8. The lowest BCUT2D eigenvalue weighted by atomic mass is 10.0. The molecule has 2 aromatic rings. The summed E-state index contributed by atoms with van der Waals surface area (Å²) in [6.07, 6.45) is 4.37. The van der Waals surface area contributed by atoms with Gasteiger partial charge < -0.3 is 5.73 Å². The lowest BCUT2D eigenvalue weighted by Gasteiger charge is -2.13. The maximum absolute atomic E-state index is 6.18. The molecule has 0 amide bonds. The molecule has 2 N–H and O–H groups in total. The topological polar surface area (TPSA) is 51.8 Å². The Morgan fingerprint density at radius 3 is 2.71 bits per heavy atom. The molecular weight excluding hydrogens is 210 g/mol. The molecule has 0 aliphatic carbocycles. The molecule has 0 aliphatic rings. The molecule has 1 unspecified atom stereocenters. The van der Waals surface area contributed by atoms with Gasteiger partial charge in [-0.2, -0.15) is 0 Å². The molecule has 1 atom stereocenters. The van der Waals surface area contributed by atoms with Crippen LogP contribution in [0.2, 0.25) is 0 Å². The van der Waals surface area contributed by atoms with E-state index in [1.54, 1.807) is 6.20 Å². The van der Waals surface area contributed by atoms with Gasteiger partial charge in [-0.15, -0.1) is 0 Å². The molecule has 17 heavy (non-hydrogen) atoms. The van der Waals surface area contributed by atoms with E-state index in [9.17, 15) is 0 Å². The second-order valence-corrected chi connectivity index (χ2v) is 4.35. The number of nitrogens with two attached hydrogens (primary N) is 1. The molecule has 0 aliphatic heterocycles. The van der Waals surface area contributed by atoms with E-state index in [1.807, 2.05) is 38.2 Å². The van der Waals surface area contributed by atoms with Crippen molar-refractivity contribution in [2.24, 2.45) is 5.73 Å². The zero-order chi connectivity index (χ0) is 12.3. The van der Waals surface area contributed by atoms with Gasteiger partial charge in [0.05, 0.1) is 11.7 Å². The Labute approximate surface area is 102 Å². The molecule has 0 saturated carbocycles. The van der Waals surface area contributed by atoms with Crippen LogP contribution >= 0.6 is 0 Å². The average Bonchev–Trinajstić information content (AvgIpc) is 2.30. The van der Waals surface area contributed by atoms with Crippen molar-refractivity contribution in [1.29, 1.82) is 0 Å². The summed E-state index contributed by atoms with van der Waals surface area (Å²) in [6.45, 7) is 4.08. The van der Waals surface area contributed by atoms with Crippen molar-refractivity contribution >= 4 is 0 Å². The number of aromatic nitrogens is 2. The van der Waals surface area contributed by atoms with Gasteiger partial charge in [0, 0.05) is 24.5 Å². The fourth-order valence-electron chi connectivity index (χ4n) is 1.95. The third-order valence-corrected chi connectivity index (χ3v) is 2.76. The number of pyridine rings is 2. The highest BCUT2D eigenvalue weighted by molar-refractivity contribution is 5.26. The monoisotopic (exact) mass is 227 g/mol. The Balaban J connectivity index is 2.17. The van der Waals surface area contributed by atoms with E-state index in [0.29, 0.717) is 0 Å². The van der Waals surface area contributed by atoms with Gasteiger partial charge in [-0.1, -0.05) is 12.1 Å². The molecule has 88 valence electrons. The Bertz CT molecular complexity index is 494. The number of hydrogen-bond acceptors (Lipinski definition) is 3. The Hall–Kier alpha value is -1.74. The summed E-state index contributed by atoms with van der Waals surface area (Å²) in [6, 6.07) is 7.89. The van der Waals surface area contributed by atoms with Gasteiger partial charge in [0.2, 0.25) is 0 Å². The number of nitrogens with zero attached hydrogens (tertiary/aromatic N) is 2. The number of hydrogen-bond donors (Lipinski definition) is 1.